The Labute approximate surface area is 182 Å². The number of hydrazone groups is 1. The number of morpholine rings is 1. The van der Waals surface area contributed by atoms with Crippen LogP contribution in [-0.4, -0.2) is 52.4 Å². The predicted molar refractivity (Wildman–Crippen MR) is 117 cm³/mol. The first-order chi connectivity index (χ1) is 15.6. The Morgan fingerprint density at radius 1 is 1.06 bits per heavy atom. The number of nitro benzene ring substituents is 1. The minimum atomic E-state index is -0.473. The zero-order valence-electron chi connectivity index (χ0n) is 16.8. The van der Waals surface area contributed by atoms with E-state index in [0.717, 1.165) is 0 Å². The molecule has 11 nitrogen and oxygen atoms in total. The number of halogens is 1. The van der Waals surface area contributed by atoms with Crippen LogP contribution in [0.3, 0.4) is 0 Å². The molecule has 0 saturated carbocycles. The first-order valence-electron chi connectivity index (χ1n) is 9.72. The van der Waals surface area contributed by atoms with Crippen molar-refractivity contribution in [3.63, 3.8) is 0 Å². The van der Waals surface area contributed by atoms with E-state index in [1.54, 1.807) is 30.3 Å². The summed E-state index contributed by atoms with van der Waals surface area (Å²) < 4.78 is 19.2. The van der Waals surface area contributed by atoms with Gasteiger partial charge in [0.1, 0.15) is 5.82 Å². The van der Waals surface area contributed by atoms with Gasteiger partial charge in [-0.3, -0.25) is 10.1 Å². The number of nitro groups is 1. The summed E-state index contributed by atoms with van der Waals surface area (Å²) in [6, 6.07) is 12.1. The number of ether oxygens (including phenoxy) is 1. The van der Waals surface area contributed by atoms with Gasteiger partial charge in [0, 0.05) is 36.5 Å². The second kappa shape index (κ2) is 9.75. The van der Waals surface area contributed by atoms with Crippen molar-refractivity contribution in [1.29, 1.82) is 0 Å². The van der Waals surface area contributed by atoms with Gasteiger partial charge >= 0.3 is 0 Å². The number of hydrogen-bond acceptors (Lipinski definition) is 10. The van der Waals surface area contributed by atoms with Crippen molar-refractivity contribution in [2.45, 2.75) is 0 Å². The maximum Gasteiger partial charge on any atom is 0.269 e. The van der Waals surface area contributed by atoms with E-state index in [1.807, 2.05) is 4.90 Å². The minimum absolute atomic E-state index is 0.0231. The monoisotopic (exact) mass is 438 g/mol. The minimum Gasteiger partial charge on any atom is -0.378 e. The number of hydrogen-bond donors (Lipinski definition) is 2. The van der Waals surface area contributed by atoms with E-state index < -0.39 is 10.7 Å². The highest BCUT2D eigenvalue weighted by Crippen LogP contribution is 2.21. The fourth-order valence-electron chi connectivity index (χ4n) is 2.91. The van der Waals surface area contributed by atoms with Crippen LogP contribution < -0.4 is 15.6 Å². The first kappa shape index (κ1) is 21.1. The highest BCUT2D eigenvalue weighted by Gasteiger charge is 2.17. The third-order valence-electron chi connectivity index (χ3n) is 4.53. The molecule has 2 N–H and O–H groups in total. The zero-order chi connectivity index (χ0) is 22.3. The van der Waals surface area contributed by atoms with Crippen molar-refractivity contribution in [1.82, 2.24) is 15.0 Å². The van der Waals surface area contributed by atoms with Gasteiger partial charge in [0.2, 0.25) is 17.8 Å². The smallest absolute Gasteiger partial charge is 0.269 e. The molecule has 0 aliphatic carbocycles. The van der Waals surface area contributed by atoms with Gasteiger partial charge in [0.25, 0.3) is 5.69 Å². The average Bonchev–Trinajstić information content (AvgIpc) is 2.81. The first-order valence-corrected chi connectivity index (χ1v) is 9.72. The quantitative estimate of drug-likeness (QED) is 0.325. The highest BCUT2D eigenvalue weighted by atomic mass is 19.1. The Morgan fingerprint density at radius 2 is 1.78 bits per heavy atom. The third kappa shape index (κ3) is 5.29. The Kier molecular flexibility index (Phi) is 6.41. The van der Waals surface area contributed by atoms with Crippen LogP contribution in [-0.2, 0) is 4.74 Å². The summed E-state index contributed by atoms with van der Waals surface area (Å²) in [4.78, 5) is 25.4. The predicted octanol–water partition coefficient (Wildman–Crippen LogP) is 2.95. The molecule has 0 bridgehead atoms. The second-order valence-electron chi connectivity index (χ2n) is 6.70. The summed E-state index contributed by atoms with van der Waals surface area (Å²) >= 11 is 0. The SMILES string of the molecule is O=[N+]([O-])c1ccc(Nc2nc(NN=Cc3ccccc3F)nc(N3CCOCC3)n2)cc1. The molecule has 4 rings (SSSR count). The van der Waals surface area contributed by atoms with Crippen LogP contribution in [0.2, 0.25) is 0 Å². The summed E-state index contributed by atoms with van der Waals surface area (Å²) in [5.41, 5.74) is 3.56. The topological polar surface area (TPSA) is 131 Å². The third-order valence-corrected chi connectivity index (χ3v) is 4.53. The van der Waals surface area contributed by atoms with Crippen LogP contribution >= 0.6 is 0 Å². The lowest BCUT2D eigenvalue weighted by atomic mass is 10.2. The number of benzene rings is 2. The summed E-state index contributed by atoms with van der Waals surface area (Å²) in [7, 11) is 0. The second-order valence-corrected chi connectivity index (χ2v) is 6.70. The molecule has 2 aromatic carbocycles. The fraction of sp³-hybridized carbons (Fsp3) is 0.200. The molecule has 3 aromatic rings. The van der Waals surface area contributed by atoms with E-state index in [-0.39, 0.29) is 17.6 Å². The van der Waals surface area contributed by atoms with Gasteiger partial charge in [-0.25, -0.2) is 9.82 Å². The maximum atomic E-state index is 13.8. The zero-order valence-corrected chi connectivity index (χ0v) is 16.8. The van der Waals surface area contributed by atoms with Crippen LogP contribution in [0, 0.1) is 15.9 Å². The molecule has 0 amide bonds. The van der Waals surface area contributed by atoms with Gasteiger partial charge in [-0.2, -0.15) is 20.1 Å². The van der Waals surface area contributed by atoms with Crippen LogP contribution in [0.1, 0.15) is 5.56 Å². The van der Waals surface area contributed by atoms with Crippen LogP contribution in [0.25, 0.3) is 0 Å². The highest BCUT2D eigenvalue weighted by molar-refractivity contribution is 5.80. The molecular weight excluding hydrogens is 419 g/mol. The van der Waals surface area contributed by atoms with Gasteiger partial charge < -0.3 is 15.0 Å². The largest absolute Gasteiger partial charge is 0.378 e. The van der Waals surface area contributed by atoms with Gasteiger partial charge in [-0.15, -0.1) is 0 Å². The van der Waals surface area contributed by atoms with E-state index >= 15 is 0 Å². The van der Waals surface area contributed by atoms with Crippen LogP contribution in [0.4, 0.5) is 33.6 Å². The lowest BCUT2D eigenvalue weighted by Crippen LogP contribution is -2.37. The molecular formula is C20H19FN8O3. The molecule has 32 heavy (non-hydrogen) atoms. The molecule has 0 atom stereocenters. The molecule has 1 fully saturated rings. The van der Waals surface area contributed by atoms with E-state index in [1.165, 1.54) is 24.4 Å². The summed E-state index contributed by atoms with van der Waals surface area (Å²) in [5.74, 6) is 0.386. The van der Waals surface area contributed by atoms with Crippen LogP contribution in [0.5, 0.6) is 0 Å². The van der Waals surface area contributed by atoms with E-state index in [4.69, 9.17) is 4.74 Å². The van der Waals surface area contributed by atoms with Crippen molar-refractivity contribution < 1.29 is 14.1 Å². The van der Waals surface area contributed by atoms with E-state index in [9.17, 15) is 14.5 Å². The molecule has 1 aliphatic heterocycles. The average molecular weight is 438 g/mol. The van der Waals surface area contributed by atoms with Gasteiger partial charge in [0.05, 0.1) is 24.4 Å². The van der Waals surface area contributed by atoms with Crippen molar-refractivity contribution >= 4 is 35.4 Å². The van der Waals surface area contributed by atoms with Crippen molar-refractivity contribution in [3.05, 3.63) is 70.0 Å². The summed E-state index contributed by atoms with van der Waals surface area (Å²) in [6.07, 6.45) is 1.33. The number of rotatable bonds is 7. The molecule has 164 valence electrons. The Bertz CT molecular complexity index is 1120. The standard InChI is InChI=1S/C20H19FN8O3/c21-17-4-2-1-3-14(17)13-22-27-19-24-18(23-15-5-7-16(8-6-15)29(30)31)25-20(26-19)28-9-11-32-12-10-28/h1-8,13H,9-12H2,(H2,23,24,25,26,27). The molecule has 0 spiro atoms. The molecule has 12 heteroatoms. The van der Waals surface area contributed by atoms with Crippen molar-refractivity contribution in [2.24, 2.45) is 5.10 Å². The fourth-order valence-corrected chi connectivity index (χ4v) is 2.91. The Morgan fingerprint density at radius 3 is 2.50 bits per heavy atom. The molecule has 1 saturated heterocycles. The molecule has 1 aliphatic rings. The molecule has 0 radical (unpaired) electrons. The van der Waals surface area contributed by atoms with Gasteiger partial charge in [0.15, 0.2) is 0 Å². The molecule has 0 unspecified atom stereocenters. The molecule has 1 aromatic heterocycles. The number of nitrogens with one attached hydrogen (secondary N) is 2. The maximum absolute atomic E-state index is 13.8. The van der Waals surface area contributed by atoms with E-state index in [0.29, 0.717) is 43.5 Å². The van der Waals surface area contributed by atoms with Gasteiger partial charge in [-0.1, -0.05) is 18.2 Å². The number of nitrogens with zero attached hydrogens (tertiary/aromatic N) is 6. The normalized spacial score (nSPS) is 13.8. The van der Waals surface area contributed by atoms with Gasteiger partial charge in [-0.05, 0) is 18.2 Å². The number of anilines is 4. The van der Waals surface area contributed by atoms with E-state index in [2.05, 4.69) is 30.8 Å². The van der Waals surface area contributed by atoms with Crippen molar-refractivity contribution in [2.75, 3.05) is 41.9 Å². The number of aromatic nitrogens is 3. The lowest BCUT2D eigenvalue weighted by Gasteiger charge is -2.27. The Balaban J connectivity index is 1.57. The summed E-state index contributed by atoms with van der Waals surface area (Å²) in [5, 5.41) is 17.9. The van der Waals surface area contributed by atoms with Crippen LogP contribution in [0.15, 0.2) is 53.6 Å². The Hall–Kier alpha value is -4.19. The number of non-ortho nitro benzene ring substituents is 1. The summed E-state index contributed by atoms with van der Waals surface area (Å²) in [6.45, 7) is 2.31. The lowest BCUT2D eigenvalue weighted by molar-refractivity contribution is -0.384. The molecule has 2 heterocycles. The van der Waals surface area contributed by atoms with Crippen molar-refractivity contribution in [3.8, 4) is 0 Å².